The Kier molecular flexibility index (Phi) is 3.65. The van der Waals surface area contributed by atoms with Crippen LogP contribution < -0.4 is 0 Å². The maximum atomic E-state index is 12.2. The molecule has 0 radical (unpaired) electrons. The van der Waals surface area contributed by atoms with E-state index in [4.69, 9.17) is 14.2 Å². The molecule has 3 rings (SSSR count). The van der Waals surface area contributed by atoms with Crippen LogP contribution in [0.25, 0.3) is 0 Å². The predicted molar refractivity (Wildman–Crippen MR) is 71.1 cm³/mol. The summed E-state index contributed by atoms with van der Waals surface area (Å²) in [5, 5.41) is 10.9. The van der Waals surface area contributed by atoms with E-state index in [1.807, 2.05) is 6.92 Å². The summed E-state index contributed by atoms with van der Waals surface area (Å²) in [4.78, 5) is 12.2. The molecule has 0 heterocycles. The number of ether oxygens (including phenoxy) is 3. The van der Waals surface area contributed by atoms with Crippen LogP contribution >= 0.6 is 0 Å². The van der Waals surface area contributed by atoms with Gasteiger partial charge in [-0.15, -0.1) is 0 Å². The Morgan fingerprint density at radius 1 is 1.30 bits per heavy atom. The molecule has 5 heteroatoms. The molecule has 1 N–H and O–H groups in total. The number of fused-ring (bicyclic) bond motifs is 4. The maximum absolute atomic E-state index is 12.2. The summed E-state index contributed by atoms with van der Waals surface area (Å²) >= 11 is 0. The molecule has 5 nitrogen and oxygen atoms in total. The molecule has 0 saturated heterocycles. The largest absolute Gasteiger partial charge is 0.388 e. The number of rotatable bonds is 6. The molecule has 3 aliphatic carbocycles. The van der Waals surface area contributed by atoms with E-state index in [0.29, 0.717) is 25.0 Å². The average molecular weight is 284 g/mol. The Morgan fingerprint density at radius 3 is 2.80 bits per heavy atom. The fourth-order valence-electron chi connectivity index (χ4n) is 4.89. The van der Waals surface area contributed by atoms with E-state index in [9.17, 15) is 9.90 Å². The van der Waals surface area contributed by atoms with Gasteiger partial charge in [-0.1, -0.05) is 13.3 Å². The number of ketones is 1. The molecule has 0 unspecified atom stereocenters. The van der Waals surface area contributed by atoms with Crippen LogP contribution in [-0.2, 0) is 19.0 Å². The smallest absolute Gasteiger partial charge is 0.165 e. The normalized spacial score (nSPS) is 46.1. The molecule has 0 aromatic rings. The van der Waals surface area contributed by atoms with Crippen molar-refractivity contribution in [2.45, 2.75) is 44.3 Å². The molecule has 0 bridgehead atoms. The molecule has 5 atom stereocenters. The van der Waals surface area contributed by atoms with Gasteiger partial charge in [0, 0.05) is 18.9 Å². The summed E-state index contributed by atoms with van der Waals surface area (Å²) < 4.78 is 15.9. The molecule has 3 aliphatic rings. The van der Waals surface area contributed by atoms with Crippen molar-refractivity contribution in [1.82, 2.24) is 0 Å². The molecule has 20 heavy (non-hydrogen) atoms. The van der Waals surface area contributed by atoms with Crippen LogP contribution in [-0.4, -0.2) is 49.7 Å². The Hall–Kier alpha value is -0.490. The molecule has 3 saturated carbocycles. The summed E-state index contributed by atoms with van der Waals surface area (Å²) in [7, 11) is 1.61. The van der Waals surface area contributed by atoms with Crippen LogP contribution in [0.1, 0.15) is 32.6 Å². The van der Waals surface area contributed by atoms with Gasteiger partial charge in [0.1, 0.15) is 12.9 Å². The highest BCUT2D eigenvalue weighted by Crippen LogP contribution is 2.71. The number of methoxy groups -OCH3 is 1. The van der Waals surface area contributed by atoms with Gasteiger partial charge < -0.3 is 19.3 Å². The Morgan fingerprint density at radius 2 is 2.05 bits per heavy atom. The highest BCUT2D eigenvalue weighted by Gasteiger charge is 2.77. The number of aliphatic hydroxyl groups is 1. The first-order valence-electron chi connectivity index (χ1n) is 7.49. The van der Waals surface area contributed by atoms with Gasteiger partial charge in [-0.2, -0.15) is 0 Å². The molecule has 0 spiro atoms. The number of hydrogen-bond acceptors (Lipinski definition) is 5. The first kappa shape index (κ1) is 14.4. The fourth-order valence-corrected chi connectivity index (χ4v) is 4.89. The number of carbonyl (C=O) groups excluding carboxylic acids is 1. The minimum Gasteiger partial charge on any atom is -0.388 e. The summed E-state index contributed by atoms with van der Waals surface area (Å²) in [6, 6.07) is 0. The van der Waals surface area contributed by atoms with Crippen LogP contribution in [0.3, 0.4) is 0 Å². The lowest BCUT2D eigenvalue weighted by molar-refractivity contribution is -0.265. The summed E-state index contributed by atoms with van der Waals surface area (Å²) in [6.45, 7) is 3.06. The lowest BCUT2D eigenvalue weighted by atomic mass is 9.46. The van der Waals surface area contributed by atoms with Gasteiger partial charge in [0.25, 0.3) is 0 Å². The number of Topliss-reactive ketones (excluding diaryl/α,β-unsaturated/α-hetero) is 1. The Labute approximate surface area is 119 Å². The molecular formula is C15H24O5. The van der Waals surface area contributed by atoms with Gasteiger partial charge in [-0.3, -0.25) is 4.79 Å². The third-order valence-electron chi connectivity index (χ3n) is 5.86. The van der Waals surface area contributed by atoms with Crippen molar-refractivity contribution in [3.05, 3.63) is 0 Å². The lowest BCUT2D eigenvalue weighted by Crippen LogP contribution is -2.68. The molecular weight excluding hydrogens is 260 g/mol. The Bertz CT molecular complexity index is 398. The van der Waals surface area contributed by atoms with E-state index < -0.39 is 17.1 Å². The summed E-state index contributed by atoms with van der Waals surface area (Å²) in [6.07, 6.45) is 3.02. The van der Waals surface area contributed by atoms with Crippen molar-refractivity contribution in [2.75, 3.05) is 27.1 Å². The van der Waals surface area contributed by atoms with Crippen molar-refractivity contribution >= 4 is 5.78 Å². The second-order valence-corrected chi connectivity index (χ2v) is 6.56. The fraction of sp³-hybridized carbons (Fsp3) is 0.933. The average Bonchev–Trinajstić information content (AvgIpc) is 2.94. The van der Waals surface area contributed by atoms with Crippen molar-refractivity contribution in [2.24, 2.45) is 17.3 Å². The second-order valence-electron chi connectivity index (χ2n) is 6.56. The van der Waals surface area contributed by atoms with Crippen LogP contribution in [0, 0.1) is 17.3 Å². The van der Waals surface area contributed by atoms with Gasteiger partial charge in [0.2, 0.25) is 0 Å². The first-order valence-corrected chi connectivity index (χ1v) is 7.49. The highest BCUT2D eigenvalue weighted by atomic mass is 16.7. The van der Waals surface area contributed by atoms with Crippen LogP contribution in [0.15, 0.2) is 0 Å². The quantitative estimate of drug-likeness (QED) is 0.585. The van der Waals surface area contributed by atoms with E-state index in [1.165, 1.54) is 0 Å². The molecule has 0 aliphatic heterocycles. The predicted octanol–water partition coefficient (Wildman–Crippen LogP) is 1.13. The van der Waals surface area contributed by atoms with E-state index in [0.717, 1.165) is 19.3 Å². The maximum Gasteiger partial charge on any atom is 0.165 e. The van der Waals surface area contributed by atoms with Gasteiger partial charge in [0.15, 0.2) is 5.78 Å². The zero-order valence-electron chi connectivity index (χ0n) is 12.3. The monoisotopic (exact) mass is 284 g/mol. The second kappa shape index (κ2) is 5.05. The summed E-state index contributed by atoms with van der Waals surface area (Å²) in [5.41, 5.74) is -1.27. The topological polar surface area (TPSA) is 65.0 Å². The van der Waals surface area contributed by atoms with Crippen LogP contribution in [0.2, 0.25) is 0 Å². The zero-order valence-corrected chi connectivity index (χ0v) is 12.3. The van der Waals surface area contributed by atoms with Crippen molar-refractivity contribution in [3.8, 4) is 0 Å². The third-order valence-corrected chi connectivity index (χ3v) is 5.86. The molecule has 0 amide bonds. The van der Waals surface area contributed by atoms with Crippen molar-refractivity contribution in [1.29, 1.82) is 0 Å². The van der Waals surface area contributed by atoms with Crippen molar-refractivity contribution in [3.63, 3.8) is 0 Å². The standard InChI is InChI=1S/C15H24O5/c1-14-10-4-3-5-11(10)15(14,17)8-12(16)13(14)20-9-19-7-6-18-2/h10-11,13,17H,3-9H2,1-2H3/t10-,11+,13-,14-,15+/m1/s1. The van der Waals surface area contributed by atoms with Gasteiger partial charge >= 0.3 is 0 Å². The Balaban J connectivity index is 1.64. The highest BCUT2D eigenvalue weighted by molar-refractivity contribution is 5.89. The van der Waals surface area contributed by atoms with Gasteiger partial charge in [-0.05, 0) is 24.7 Å². The molecule has 114 valence electrons. The minimum absolute atomic E-state index is 0.0275. The van der Waals surface area contributed by atoms with Crippen molar-refractivity contribution < 1.29 is 24.1 Å². The van der Waals surface area contributed by atoms with E-state index in [-0.39, 0.29) is 19.0 Å². The van der Waals surface area contributed by atoms with Gasteiger partial charge in [-0.25, -0.2) is 0 Å². The summed E-state index contributed by atoms with van der Waals surface area (Å²) in [5.74, 6) is 0.738. The molecule has 3 fully saturated rings. The van der Waals surface area contributed by atoms with E-state index in [1.54, 1.807) is 7.11 Å². The number of carbonyl (C=O) groups is 1. The molecule has 0 aromatic heterocycles. The molecule has 0 aromatic carbocycles. The third kappa shape index (κ3) is 1.73. The van der Waals surface area contributed by atoms with Crippen LogP contribution in [0.4, 0.5) is 0 Å². The first-order chi connectivity index (χ1) is 9.55. The minimum atomic E-state index is -0.845. The van der Waals surface area contributed by atoms with Crippen LogP contribution in [0.5, 0.6) is 0 Å². The van der Waals surface area contributed by atoms with E-state index in [2.05, 4.69) is 0 Å². The SMILES string of the molecule is COCCOCO[C@@H]1C(=O)C[C@]2(O)[C@H]3CCC[C@H]3[C@]12C. The zero-order chi connectivity index (χ0) is 14.4. The van der Waals surface area contributed by atoms with E-state index >= 15 is 0 Å². The van der Waals surface area contributed by atoms with Gasteiger partial charge in [0.05, 0.1) is 18.8 Å². The number of hydrogen-bond donors (Lipinski definition) is 1. The lowest BCUT2D eigenvalue weighted by Gasteiger charge is -2.61.